The number of benzene rings is 1. The van der Waals surface area contributed by atoms with E-state index in [1.54, 1.807) is 24.3 Å². The summed E-state index contributed by atoms with van der Waals surface area (Å²) in [7, 11) is 0. The number of carbonyl (C=O) groups excluding carboxylic acids is 2. The minimum atomic E-state index is -1.43. The molecule has 0 atom stereocenters. The summed E-state index contributed by atoms with van der Waals surface area (Å²) in [5.74, 6) is -1.84. The van der Waals surface area contributed by atoms with Gasteiger partial charge >= 0.3 is 29.6 Å². The van der Waals surface area contributed by atoms with Gasteiger partial charge in [-0.25, -0.2) is 5.01 Å². The molecule has 6 nitrogen and oxygen atoms in total. The molecule has 1 aromatic rings. The second-order valence-corrected chi connectivity index (χ2v) is 3.31. The van der Waals surface area contributed by atoms with Crippen molar-refractivity contribution in [3.8, 4) is 0 Å². The van der Waals surface area contributed by atoms with Gasteiger partial charge in [0.05, 0.1) is 23.8 Å². The fourth-order valence-electron chi connectivity index (χ4n) is 1.40. The molecule has 0 spiro atoms. The van der Waals surface area contributed by atoms with Crippen molar-refractivity contribution in [3.63, 3.8) is 0 Å². The second-order valence-electron chi connectivity index (χ2n) is 3.31. The molecule has 1 aliphatic rings. The Morgan fingerprint density at radius 2 is 2.18 bits per heavy atom. The van der Waals surface area contributed by atoms with Crippen molar-refractivity contribution in [2.24, 2.45) is 5.10 Å². The molecule has 1 heterocycles. The molecule has 82 valence electrons. The average Bonchev–Trinajstić information content (AvgIpc) is 2.60. The number of rotatable bonds is 2. The normalized spacial score (nSPS) is 14.2. The van der Waals surface area contributed by atoms with Crippen LogP contribution < -0.4 is 45.4 Å². The van der Waals surface area contributed by atoms with Crippen LogP contribution in [0.4, 0.5) is 11.4 Å². The van der Waals surface area contributed by atoms with Crippen molar-refractivity contribution in [1.82, 2.24) is 0 Å². The molecule has 1 aromatic carbocycles. The van der Waals surface area contributed by atoms with Gasteiger partial charge in [-0.3, -0.25) is 4.79 Å². The number of nitrogens with zero attached hydrogens (tertiary/aromatic N) is 2. The Morgan fingerprint density at radius 3 is 2.71 bits per heavy atom. The SMILES string of the molecule is Nc1cccc(N2N=C(C(=O)[O-])CC2=O)c1.[Na+]. The molecule has 0 bridgehead atoms. The van der Waals surface area contributed by atoms with E-state index >= 15 is 0 Å². The van der Waals surface area contributed by atoms with Gasteiger partial charge in [0.25, 0.3) is 5.91 Å². The van der Waals surface area contributed by atoms with Crippen LogP contribution in [0.15, 0.2) is 29.4 Å². The van der Waals surface area contributed by atoms with Crippen LogP contribution in [-0.2, 0) is 9.59 Å². The Kier molecular flexibility index (Phi) is 4.28. The zero-order valence-corrected chi connectivity index (χ0v) is 11.2. The van der Waals surface area contributed by atoms with Crippen molar-refractivity contribution in [2.45, 2.75) is 6.42 Å². The maximum absolute atomic E-state index is 11.5. The quantitative estimate of drug-likeness (QED) is 0.423. The number of nitrogens with two attached hydrogens (primary N) is 1. The van der Waals surface area contributed by atoms with Gasteiger partial charge in [-0.05, 0) is 18.2 Å². The van der Waals surface area contributed by atoms with Gasteiger partial charge in [0.1, 0.15) is 0 Å². The summed E-state index contributed by atoms with van der Waals surface area (Å²) < 4.78 is 0. The summed E-state index contributed by atoms with van der Waals surface area (Å²) >= 11 is 0. The molecule has 0 aromatic heterocycles. The summed E-state index contributed by atoms with van der Waals surface area (Å²) in [6.45, 7) is 0. The monoisotopic (exact) mass is 241 g/mol. The third-order valence-electron chi connectivity index (χ3n) is 2.13. The van der Waals surface area contributed by atoms with Crippen LogP contribution in [0.3, 0.4) is 0 Å². The maximum Gasteiger partial charge on any atom is 1.00 e. The Morgan fingerprint density at radius 1 is 1.47 bits per heavy atom. The second kappa shape index (κ2) is 5.31. The third kappa shape index (κ3) is 2.85. The van der Waals surface area contributed by atoms with Crippen LogP contribution in [0.1, 0.15) is 6.42 Å². The van der Waals surface area contributed by atoms with Gasteiger partial charge < -0.3 is 15.6 Å². The van der Waals surface area contributed by atoms with Gasteiger partial charge in [-0.1, -0.05) is 6.07 Å². The van der Waals surface area contributed by atoms with Crippen LogP contribution in [0.5, 0.6) is 0 Å². The number of hydrogen-bond donors (Lipinski definition) is 1. The number of carbonyl (C=O) groups is 2. The molecular formula is C10H8N3NaO3. The summed E-state index contributed by atoms with van der Waals surface area (Å²) in [6, 6.07) is 6.48. The standard InChI is InChI=1S/C10H9N3O3.Na/c11-6-2-1-3-7(4-6)13-9(14)5-8(12-13)10(15)16;/h1-4H,5,11H2,(H,15,16);/q;+1/p-1. The molecule has 0 aliphatic carbocycles. The van der Waals surface area contributed by atoms with E-state index in [4.69, 9.17) is 5.73 Å². The zero-order valence-electron chi connectivity index (χ0n) is 9.21. The first kappa shape index (κ1) is 13.7. The Hall–Kier alpha value is -1.37. The van der Waals surface area contributed by atoms with E-state index in [2.05, 4.69) is 5.10 Å². The topological polar surface area (TPSA) is 98.8 Å². The maximum atomic E-state index is 11.5. The predicted molar refractivity (Wildman–Crippen MR) is 55.4 cm³/mol. The van der Waals surface area contributed by atoms with E-state index in [9.17, 15) is 14.7 Å². The van der Waals surface area contributed by atoms with Crippen LogP contribution in [-0.4, -0.2) is 17.6 Å². The number of carboxylic acids is 1. The van der Waals surface area contributed by atoms with E-state index in [0.717, 1.165) is 5.01 Å². The molecule has 0 radical (unpaired) electrons. The molecule has 2 rings (SSSR count). The molecule has 0 unspecified atom stereocenters. The van der Waals surface area contributed by atoms with Crippen molar-refractivity contribution < 1.29 is 44.3 Å². The predicted octanol–water partition coefficient (Wildman–Crippen LogP) is -3.88. The van der Waals surface area contributed by atoms with Crippen LogP contribution in [0, 0.1) is 0 Å². The summed E-state index contributed by atoms with van der Waals surface area (Å²) in [6.07, 6.45) is -0.253. The molecule has 17 heavy (non-hydrogen) atoms. The number of carboxylic acid groups (broad SMARTS) is 1. The number of hydrazone groups is 1. The van der Waals surface area contributed by atoms with Crippen molar-refractivity contribution >= 4 is 29.0 Å². The largest absolute Gasteiger partial charge is 1.00 e. The molecule has 2 N–H and O–H groups in total. The molecule has 7 heteroatoms. The van der Waals surface area contributed by atoms with Crippen LogP contribution >= 0.6 is 0 Å². The minimum absolute atomic E-state index is 0. The fourth-order valence-corrected chi connectivity index (χ4v) is 1.40. The third-order valence-corrected chi connectivity index (χ3v) is 2.13. The van der Waals surface area contributed by atoms with E-state index < -0.39 is 11.9 Å². The number of nitrogen functional groups attached to an aromatic ring is 1. The van der Waals surface area contributed by atoms with Gasteiger partial charge in [-0.15, -0.1) is 0 Å². The van der Waals surface area contributed by atoms with Crippen LogP contribution in [0.25, 0.3) is 0 Å². The first-order chi connectivity index (χ1) is 7.58. The first-order valence-electron chi connectivity index (χ1n) is 4.55. The molecule has 1 aliphatic heterocycles. The van der Waals surface area contributed by atoms with Gasteiger partial charge in [-0.2, -0.15) is 5.10 Å². The number of hydrogen-bond acceptors (Lipinski definition) is 5. The van der Waals surface area contributed by atoms with E-state index in [1.165, 1.54) is 0 Å². The summed E-state index contributed by atoms with van der Waals surface area (Å²) in [5.41, 5.74) is 6.20. The zero-order chi connectivity index (χ0) is 11.7. The van der Waals surface area contributed by atoms with E-state index in [-0.39, 0.29) is 41.7 Å². The number of anilines is 2. The van der Waals surface area contributed by atoms with Crippen LogP contribution in [0.2, 0.25) is 0 Å². The average molecular weight is 241 g/mol. The molecule has 0 saturated heterocycles. The summed E-state index contributed by atoms with van der Waals surface area (Å²) in [5, 5.41) is 15.2. The number of amides is 1. The van der Waals surface area contributed by atoms with Gasteiger partial charge in [0.15, 0.2) is 0 Å². The van der Waals surface area contributed by atoms with Crippen molar-refractivity contribution in [1.29, 1.82) is 0 Å². The van der Waals surface area contributed by atoms with Gasteiger partial charge in [0, 0.05) is 5.69 Å². The summed E-state index contributed by atoms with van der Waals surface area (Å²) in [4.78, 5) is 22.0. The van der Waals surface area contributed by atoms with E-state index in [1.807, 2.05) is 0 Å². The molecule has 1 amide bonds. The fraction of sp³-hybridized carbons (Fsp3) is 0.100. The Labute approximate surface area is 119 Å². The molecular weight excluding hydrogens is 233 g/mol. The minimum Gasteiger partial charge on any atom is -0.543 e. The van der Waals surface area contributed by atoms with Crippen molar-refractivity contribution in [2.75, 3.05) is 10.7 Å². The van der Waals surface area contributed by atoms with E-state index in [0.29, 0.717) is 11.4 Å². The molecule has 0 saturated carbocycles. The Balaban J connectivity index is 0.00000144. The Bertz CT molecular complexity index is 501. The smallest absolute Gasteiger partial charge is 0.543 e. The first-order valence-corrected chi connectivity index (χ1v) is 4.55. The van der Waals surface area contributed by atoms with Gasteiger partial charge in [0.2, 0.25) is 0 Å². The molecule has 0 fully saturated rings. The van der Waals surface area contributed by atoms with Crippen molar-refractivity contribution in [3.05, 3.63) is 24.3 Å². The number of aliphatic carboxylic acids is 1.